The van der Waals surface area contributed by atoms with Crippen molar-refractivity contribution in [3.05, 3.63) is 53.1 Å². The van der Waals surface area contributed by atoms with Crippen LogP contribution in [0.3, 0.4) is 0 Å². The monoisotopic (exact) mass is 320 g/mol. The molecule has 0 heterocycles. The predicted molar refractivity (Wildman–Crippen MR) is 83.6 cm³/mol. The van der Waals surface area contributed by atoms with E-state index in [9.17, 15) is 18.6 Å². The molecule has 2 rings (SSSR count). The van der Waals surface area contributed by atoms with Crippen molar-refractivity contribution in [3.63, 3.8) is 0 Å². The van der Waals surface area contributed by atoms with Gasteiger partial charge in [-0.15, -0.1) is 0 Å². The molecule has 2 aromatic rings. The molecule has 0 fully saturated rings. The highest BCUT2D eigenvalue weighted by Gasteiger charge is 2.15. The van der Waals surface area contributed by atoms with E-state index in [1.165, 1.54) is 18.2 Å². The molecule has 0 aliphatic carbocycles. The van der Waals surface area contributed by atoms with Crippen LogP contribution in [0.5, 0.6) is 11.5 Å². The Bertz CT molecular complexity index is 829. The van der Waals surface area contributed by atoms with Crippen LogP contribution in [0.4, 0.5) is 0 Å². The zero-order chi connectivity index (χ0) is 16.3. The molecule has 2 aromatic carbocycles. The van der Waals surface area contributed by atoms with Crippen molar-refractivity contribution in [1.82, 2.24) is 4.83 Å². The van der Waals surface area contributed by atoms with Gasteiger partial charge in [-0.1, -0.05) is 18.2 Å². The minimum Gasteiger partial charge on any atom is -0.504 e. The van der Waals surface area contributed by atoms with Crippen LogP contribution in [0, 0.1) is 13.8 Å². The van der Waals surface area contributed by atoms with Gasteiger partial charge in [0.2, 0.25) is 0 Å². The van der Waals surface area contributed by atoms with E-state index in [0.717, 1.165) is 11.8 Å². The Balaban J connectivity index is 2.25. The minimum atomic E-state index is -3.80. The van der Waals surface area contributed by atoms with Crippen LogP contribution in [-0.4, -0.2) is 24.8 Å². The Labute approximate surface area is 128 Å². The predicted octanol–water partition coefficient (Wildman–Crippen LogP) is 2.03. The van der Waals surface area contributed by atoms with E-state index in [2.05, 4.69) is 9.93 Å². The first kappa shape index (κ1) is 15.8. The van der Waals surface area contributed by atoms with Crippen molar-refractivity contribution < 1.29 is 18.6 Å². The van der Waals surface area contributed by atoms with Crippen molar-refractivity contribution in [2.75, 3.05) is 0 Å². The molecule has 0 saturated heterocycles. The Morgan fingerprint density at radius 1 is 1.14 bits per heavy atom. The molecule has 0 aliphatic heterocycles. The van der Waals surface area contributed by atoms with E-state index in [0.29, 0.717) is 5.56 Å². The van der Waals surface area contributed by atoms with Gasteiger partial charge in [0.15, 0.2) is 11.5 Å². The molecule has 0 atom stereocenters. The number of aryl methyl sites for hydroxylation is 2. The quantitative estimate of drug-likeness (QED) is 0.456. The van der Waals surface area contributed by atoms with Gasteiger partial charge in [-0.2, -0.15) is 13.5 Å². The van der Waals surface area contributed by atoms with Crippen LogP contribution >= 0.6 is 0 Å². The number of hydrogen-bond donors (Lipinski definition) is 3. The molecule has 0 saturated carbocycles. The summed E-state index contributed by atoms with van der Waals surface area (Å²) >= 11 is 0. The van der Waals surface area contributed by atoms with Crippen LogP contribution < -0.4 is 4.83 Å². The van der Waals surface area contributed by atoms with Crippen molar-refractivity contribution in [1.29, 1.82) is 0 Å². The first-order valence-corrected chi connectivity index (χ1v) is 7.92. The van der Waals surface area contributed by atoms with Gasteiger partial charge in [-0.25, -0.2) is 4.83 Å². The number of para-hydroxylation sites is 1. The summed E-state index contributed by atoms with van der Waals surface area (Å²) in [7, 11) is -3.80. The third kappa shape index (κ3) is 3.37. The Morgan fingerprint density at radius 2 is 1.86 bits per heavy atom. The molecule has 0 radical (unpaired) electrons. The Hall–Kier alpha value is -2.54. The van der Waals surface area contributed by atoms with E-state index in [-0.39, 0.29) is 22.0 Å². The zero-order valence-electron chi connectivity index (χ0n) is 12.1. The highest BCUT2D eigenvalue weighted by molar-refractivity contribution is 7.89. The summed E-state index contributed by atoms with van der Waals surface area (Å²) < 4.78 is 24.4. The van der Waals surface area contributed by atoms with Gasteiger partial charge in [0.25, 0.3) is 10.0 Å². The number of hydrazone groups is 1. The second-order valence-electron chi connectivity index (χ2n) is 4.84. The maximum Gasteiger partial charge on any atom is 0.276 e. The van der Waals surface area contributed by atoms with Gasteiger partial charge < -0.3 is 10.2 Å². The highest BCUT2D eigenvalue weighted by atomic mass is 32.2. The van der Waals surface area contributed by atoms with Crippen molar-refractivity contribution >= 4 is 16.2 Å². The summed E-state index contributed by atoms with van der Waals surface area (Å²) in [5.41, 5.74) is 1.62. The van der Waals surface area contributed by atoms with E-state index < -0.39 is 10.0 Å². The number of nitrogens with zero attached hydrogens (tertiary/aromatic N) is 1. The second kappa shape index (κ2) is 6.07. The molecule has 116 valence electrons. The van der Waals surface area contributed by atoms with Gasteiger partial charge in [-0.05, 0) is 43.2 Å². The largest absolute Gasteiger partial charge is 0.504 e. The molecule has 0 aliphatic rings. The molecular formula is C15H16N2O4S. The Kier molecular flexibility index (Phi) is 4.37. The van der Waals surface area contributed by atoms with Gasteiger partial charge in [0, 0.05) is 5.56 Å². The topological polar surface area (TPSA) is 99.0 Å². The lowest BCUT2D eigenvalue weighted by atomic mass is 10.2. The fraction of sp³-hybridized carbons (Fsp3) is 0.133. The summed E-state index contributed by atoms with van der Waals surface area (Å²) in [5.74, 6) is -0.668. The molecule has 0 spiro atoms. The highest BCUT2D eigenvalue weighted by Crippen LogP contribution is 2.26. The van der Waals surface area contributed by atoms with Crippen molar-refractivity contribution in [3.8, 4) is 11.5 Å². The summed E-state index contributed by atoms with van der Waals surface area (Å²) in [6.45, 7) is 3.49. The number of sulfonamides is 1. The van der Waals surface area contributed by atoms with Crippen LogP contribution in [0.15, 0.2) is 46.4 Å². The van der Waals surface area contributed by atoms with E-state index in [1.54, 1.807) is 26.0 Å². The normalized spacial score (nSPS) is 11.7. The summed E-state index contributed by atoms with van der Waals surface area (Å²) in [5, 5.41) is 22.6. The summed E-state index contributed by atoms with van der Waals surface area (Å²) in [6.07, 6.45) is 1.12. The third-order valence-corrected chi connectivity index (χ3v) is 4.42. The van der Waals surface area contributed by atoms with E-state index >= 15 is 0 Å². The average molecular weight is 320 g/mol. The van der Waals surface area contributed by atoms with Crippen LogP contribution in [0.2, 0.25) is 0 Å². The molecule has 0 bridgehead atoms. The first-order chi connectivity index (χ1) is 10.3. The lowest BCUT2D eigenvalue weighted by Gasteiger charge is -2.07. The van der Waals surface area contributed by atoms with E-state index in [4.69, 9.17) is 0 Å². The number of hydrogen-bond acceptors (Lipinski definition) is 5. The summed E-state index contributed by atoms with van der Waals surface area (Å²) in [4.78, 5) is 2.23. The molecule has 6 nitrogen and oxygen atoms in total. The average Bonchev–Trinajstić information content (AvgIpc) is 2.46. The maximum atomic E-state index is 12.2. The zero-order valence-corrected chi connectivity index (χ0v) is 12.9. The molecule has 22 heavy (non-hydrogen) atoms. The van der Waals surface area contributed by atoms with Crippen LogP contribution in [0.1, 0.15) is 16.7 Å². The van der Waals surface area contributed by atoms with Crippen molar-refractivity contribution in [2.24, 2.45) is 5.10 Å². The summed E-state index contributed by atoms with van der Waals surface area (Å²) in [6, 6.07) is 9.41. The lowest BCUT2D eigenvalue weighted by molar-refractivity contribution is 0.403. The second-order valence-corrected chi connectivity index (χ2v) is 6.47. The van der Waals surface area contributed by atoms with Crippen molar-refractivity contribution in [2.45, 2.75) is 18.7 Å². The number of phenols is 2. The number of phenolic OH excluding ortho intramolecular Hbond substituents is 2. The standard InChI is InChI=1S/C15H16N2O4S/c1-10-6-7-11(2)14(8-10)22(20,21)17-16-9-12-4-3-5-13(18)15(12)19/h3-9,17-19H,1-2H3/b16-9+. The van der Waals surface area contributed by atoms with Crippen LogP contribution in [-0.2, 0) is 10.0 Å². The maximum absolute atomic E-state index is 12.2. The minimum absolute atomic E-state index is 0.143. The smallest absolute Gasteiger partial charge is 0.276 e. The first-order valence-electron chi connectivity index (χ1n) is 6.44. The molecule has 7 heteroatoms. The van der Waals surface area contributed by atoms with Gasteiger partial charge in [0.1, 0.15) is 0 Å². The van der Waals surface area contributed by atoms with Crippen LogP contribution in [0.25, 0.3) is 0 Å². The fourth-order valence-corrected chi connectivity index (χ4v) is 2.99. The fourth-order valence-electron chi connectivity index (χ4n) is 1.86. The van der Waals surface area contributed by atoms with Gasteiger partial charge in [0.05, 0.1) is 11.1 Å². The molecule has 3 N–H and O–H groups in total. The molecular weight excluding hydrogens is 304 g/mol. The molecule has 0 unspecified atom stereocenters. The number of benzene rings is 2. The van der Waals surface area contributed by atoms with E-state index in [1.807, 2.05) is 6.07 Å². The van der Waals surface area contributed by atoms with Gasteiger partial charge >= 0.3 is 0 Å². The SMILES string of the molecule is Cc1ccc(C)c(S(=O)(=O)N/N=C/c2cccc(O)c2O)c1. The number of nitrogens with one attached hydrogen (secondary N) is 1. The lowest BCUT2D eigenvalue weighted by Crippen LogP contribution is -2.19. The Morgan fingerprint density at radius 3 is 2.59 bits per heavy atom. The third-order valence-electron chi connectivity index (χ3n) is 3.06. The van der Waals surface area contributed by atoms with Gasteiger partial charge in [-0.3, -0.25) is 0 Å². The number of aromatic hydroxyl groups is 2. The number of rotatable bonds is 4. The molecule has 0 aromatic heterocycles. The molecule has 0 amide bonds.